The third kappa shape index (κ3) is 2.43. The van der Waals surface area contributed by atoms with E-state index in [0.717, 1.165) is 5.56 Å². The zero-order valence-electron chi connectivity index (χ0n) is 11.4. The Balaban J connectivity index is 1.98. The standard InChI is InChI=1S/C14H12N2O4S/c1-18-10-4-3-8(7-11(10)19-2)13-15-14(20-16-13)12-9(17)5-6-21-12/h3-7,17H,1-2H3. The number of methoxy groups -OCH3 is 2. The van der Waals surface area contributed by atoms with E-state index >= 15 is 0 Å². The fourth-order valence-electron chi connectivity index (χ4n) is 1.87. The molecular weight excluding hydrogens is 292 g/mol. The van der Waals surface area contributed by atoms with Gasteiger partial charge in [0.2, 0.25) is 5.82 Å². The van der Waals surface area contributed by atoms with Gasteiger partial charge in [-0.1, -0.05) is 5.16 Å². The molecule has 0 unspecified atom stereocenters. The Morgan fingerprint density at radius 1 is 1.14 bits per heavy atom. The second-order valence-corrected chi connectivity index (χ2v) is 5.04. The zero-order chi connectivity index (χ0) is 14.8. The first-order valence-corrected chi connectivity index (χ1v) is 6.94. The van der Waals surface area contributed by atoms with Crippen molar-refractivity contribution in [2.45, 2.75) is 0 Å². The minimum atomic E-state index is 0.127. The highest BCUT2D eigenvalue weighted by Crippen LogP contribution is 2.35. The number of hydrogen-bond acceptors (Lipinski definition) is 7. The molecule has 7 heteroatoms. The van der Waals surface area contributed by atoms with Crippen LogP contribution in [0.25, 0.3) is 22.2 Å². The Morgan fingerprint density at radius 2 is 1.95 bits per heavy atom. The summed E-state index contributed by atoms with van der Waals surface area (Å²) in [5, 5.41) is 15.4. The van der Waals surface area contributed by atoms with Gasteiger partial charge in [0.15, 0.2) is 11.5 Å². The molecule has 3 aromatic rings. The second kappa shape index (κ2) is 5.45. The van der Waals surface area contributed by atoms with Crippen LogP contribution >= 0.6 is 11.3 Å². The minimum absolute atomic E-state index is 0.127. The van der Waals surface area contributed by atoms with Gasteiger partial charge in [0.1, 0.15) is 10.6 Å². The molecule has 1 aromatic carbocycles. The summed E-state index contributed by atoms with van der Waals surface area (Å²) in [6, 6.07) is 6.93. The number of aromatic nitrogens is 2. The van der Waals surface area contributed by atoms with Crippen LogP contribution in [0.5, 0.6) is 17.2 Å². The third-order valence-electron chi connectivity index (χ3n) is 2.91. The molecule has 0 radical (unpaired) electrons. The summed E-state index contributed by atoms with van der Waals surface area (Å²) < 4.78 is 15.6. The highest BCUT2D eigenvalue weighted by atomic mass is 32.1. The van der Waals surface area contributed by atoms with Crippen LogP contribution in [-0.4, -0.2) is 29.5 Å². The van der Waals surface area contributed by atoms with E-state index in [-0.39, 0.29) is 11.6 Å². The van der Waals surface area contributed by atoms with Gasteiger partial charge < -0.3 is 19.1 Å². The average molecular weight is 304 g/mol. The van der Waals surface area contributed by atoms with Crippen molar-refractivity contribution in [2.75, 3.05) is 14.2 Å². The van der Waals surface area contributed by atoms with Gasteiger partial charge in [0.05, 0.1) is 14.2 Å². The lowest BCUT2D eigenvalue weighted by molar-refractivity contribution is 0.355. The molecule has 0 aliphatic heterocycles. The number of ether oxygens (including phenoxy) is 2. The lowest BCUT2D eigenvalue weighted by Crippen LogP contribution is -1.91. The van der Waals surface area contributed by atoms with Crippen molar-refractivity contribution in [3.05, 3.63) is 29.6 Å². The van der Waals surface area contributed by atoms with Crippen LogP contribution in [0.1, 0.15) is 0 Å². The maximum Gasteiger partial charge on any atom is 0.272 e. The van der Waals surface area contributed by atoms with Crippen molar-refractivity contribution in [1.29, 1.82) is 0 Å². The number of nitrogens with zero attached hydrogens (tertiary/aromatic N) is 2. The topological polar surface area (TPSA) is 77.6 Å². The maximum atomic E-state index is 9.68. The van der Waals surface area contributed by atoms with Gasteiger partial charge in [0, 0.05) is 5.56 Å². The highest BCUT2D eigenvalue weighted by Gasteiger charge is 2.16. The van der Waals surface area contributed by atoms with E-state index < -0.39 is 0 Å². The molecule has 0 aliphatic carbocycles. The zero-order valence-corrected chi connectivity index (χ0v) is 12.2. The molecule has 0 saturated carbocycles. The molecule has 2 aromatic heterocycles. The molecule has 108 valence electrons. The van der Waals surface area contributed by atoms with Crippen LogP contribution in [0.2, 0.25) is 0 Å². The van der Waals surface area contributed by atoms with Crippen molar-refractivity contribution in [3.8, 4) is 39.4 Å². The van der Waals surface area contributed by atoms with Gasteiger partial charge in [0.25, 0.3) is 5.89 Å². The normalized spacial score (nSPS) is 10.6. The molecule has 21 heavy (non-hydrogen) atoms. The van der Waals surface area contributed by atoms with Crippen LogP contribution < -0.4 is 9.47 Å². The largest absolute Gasteiger partial charge is 0.506 e. The van der Waals surface area contributed by atoms with Crippen LogP contribution in [0.3, 0.4) is 0 Å². The molecule has 0 aliphatic rings. The molecule has 0 atom stereocenters. The molecule has 2 heterocycles. The van der Waals surface area contributed by atoms with Crippen molar-refractivity contribution in [3.63, 3.8) is 0 Å². The van der Waals surface area contributed by atoms with E-state index in [4.69, 9.17) is 14.0 Å². The summed E-state index contributed by atoms with van der Waals surface area (Å²) in [6.45, 7) is 0. The smallest absolute Gasteiger partial charge is 0.272 e. The van der Waals surface area contributed by atoms with Gasteiger partial charge in [-0.05, 0) is 29.6 Å². The Bertz CT molecular complexity index is 766. The lowest BCUT2D eigenvalue weighted by Gasteiger charge is -2.07. The highest BCUT2D eigenvalue weighted by molar-refractivity contribution is 7.13. The maximum absolute atomic E-state index is 9.68. The fraction of sp³-hybridized carbons (Fsp3) is 0.143. The molecule has 6 nitrogen and oxygen atoms in total. The number of benzene rings is 1. The van der Waals surface area contributed by atoms with Crippen molar-refractivity contribution in [2.24, 2.45) is 0 Å². The Kier molecular flexibility index (Phi) is 3.49. The number of thiophene rings is 1. The van der Waals surface area contributed by atoms with Crippen LogP contribution in [0.15, 0.2) is 34.2 Å². The monoisotopic (exact) mass is 304 g/mol. The Labute approximate surface area is 124 Å². The van der Waals surface area contributed by atoms with Crippen molar-refractivity contribution in [1.82, 2.24) is 10.1 Å². The second-order valence-electron chi connectivity index (χ2n) is 4.13. The summed E-state index contributed by atoms with van der Waals surface area (Å²) in [4.78, 5) is 4.84. The van der Waals surface area contributed by atoms with E-state index in [0.29, 0.717) is 22.2 Å². The number of rotatable bonds is 4. The molecular formula is C14H12N2O4S. The van der Waals surface area contributed by atoms with Crippen LogP contribution in [0, 0.1) is 0 Å². The van der Waals surface area contributed by atoms with Gasteiger partial charge in [-0.15, -0.1) is 11.3 Å². The van der Waals surface area contributed by atoms with Crippen LogP contribution in [0.4, 0.5) is 0 Å². The lowest BCUT2D eigenvalue weighted by atomic mass is 10.2. The third-order valence-corrected chi connectivity index (χ3v) is 3.80. The summed E-state index contributed by atoms with van der Waals surface area (Å²) in [6.07, 6.45) is 0. The Morgan fingerprint density at radius 3 is 2.62 bits per heavy atom. The molecule has 1 N–H and O–H groups in total. The summed E-state index contributed by atoms with van der Waals surface area (Å²) >= 11 is 1.33. The quantitative estimate of drug-likeness (QED) is 0.797. The molecule has 0 spiro atoms. The van der Waals surface area contributed by atoms with Gasteiger partial charge in [-0.3, -0.25) is 0 Å². The first kappa shape index (κ1) is 13.4. The van der Waals surface area contributed by atoms with E-state index in [1.54, 1.807) is 37.8 Å². The molecule has 0 fully saturated rings. The summed E-state index contributed by atoms with van der Waals surface area (Å²) in [5.41, 5.74) is 0.735. The molecule has 3 rings (SSSR count). The summed E-state index contributed by atoms with van der Waals surface area (Å²) in [7, 11) is 3.14. The number of aromatic hydroxyl groups is 1. The van der Waals surface area contributed by atoms with E-state index in [1.165, 1.54) is 11.3 Å². The van der Waals surface area contributed by atoms with E-state index in [9.17, 15) is 5.11 Å². The molecule has 0 bridgehead atoms. The first-order valence-electron chi connectivity index (χ1n) is 6.06. The number of hydrogen-bond donors (Lipinski definition) is 1. The van der Waals surface area contributed by atoms with Gasteiger partial charge in [-0.2, -0.15) is 4.98 Å². The predicted octanol–water partition coefficient (Wildman–Crippen LogP) is 3.19. The van der Waals surface area contributed by atoms with Gasteiger partial charge in [-0.25, -0.2) is 0 Å². The van der Waals surface area contributed by atoms with Crippen molar-refractivity contribution < 1.29 is 19.1 Å². The Hall–Kier alpha value is -2.54. The van der Waals surface area contributed by atoms with Crippen molar-refractivity contribution >= 4 is 11.3 Å². The van der Waals surface area contributed by atoms with E-state index in [2.05, 4.69) is 10.1 Å². The van der Waals surface area contributed by atoms with Crippen LogP contribution in [-0.2, 0) is 0 Å². The fourth-order valence-corrected chi connectivity index (χ4v) is 2.58. The van der Waals surface area contributed by atoms with Gasteiger partial charge >= 0.3 is 0 Å². The summed E-state index contributed by atoms with van der Waals surface area (Å²) in [5.74, 6) is 2.04. The SMILES string of the molecule is COc1ccc(-c2noc(-c3sccc3O)n2)cc1OC. The minimum Gasteiger partial charge on any atom is -0.506 e. The molecule has 0 saturated heterocycles. The first-order chi connectivity index (χ1) is 10.2. The average Bonchev–Trinajstić information content (AvgIpc) is 3.15. The predicted molar refractivity (Wildman–Crippen MR) is 77.8 cm³/mol. The van der Waals surface area contributed by atoms with E-state index in [1.807, 2.05) is 6.07 Å². The molecule has 0 amide bonds.